The van der Waals surface area contributed by atoms with E-state index in [1.165, 1.54) is 0 Å². The summed E-state index contributed by atoms with van der Waals surface area (Å²) >= 11 is 5.74. The number of aromatic nitrogens is 1. The molecule has 1 aromatic rings. The van der Waals surface area contributed by atoms with Crippen LogP contribution in [-0.2, 0) is 5.60 Å². The lowest BCUT2D eigenvalue weighted by Crippen LogP contribution is -2.23. The van der Waals surface area contributed by atoms with Crippen molar-refractivity contribution in [1.29, 1.82) is 0 Å². The maximum absolute atomic E-state index is 10.1. The molecule has 0 aliphatic carbocycles. The van der Waals surface area contributed by atoms with Crippen LogP contribution in [0.25, 0.3) is 0 Å². The molecule has 1 aromatic heterocycles. The molecular weight excluding hydrogens is 186 g/mol. The molecule has 0 atom stereocenters. The Hall–Kier alpha value is -0.600. The van der Waals surface area contributed by atoms with Crippen LogP contribution < -0.4 is 0 Å². The van der Waals surface area contributed by atoms with Crippen LogP contribution in [0.5, 0.6) is 0 Å². The van der Waals surface area contributed by atoms with E-state index in [-0.39, 0.29) is 0 Å². The topological polar surface area (TPSA) is 33.1 Å². The number of rotatable bonds is 3. The molecule has 1 rings (SSSR count). The second-order valence-electron chi connectivity index (χ2n) is 3.11. The molecule has 0 aliphatic heterocycles. The maximum Gasteiger partial charge on any atom is 0.129 e. The van der Waals surface area contributed by atoms with Gasteiger partial charge < -0.3 is 5.11 Å². The molecule has 0 saturated carbocycles. The van der Waals surface area contributed by atoms with Crippen molar-refractivity contribution >= 4 is 11.6 Å². The van der Waals surface area contributed by atoms with Crippen LogP contribution in [0.1, 0.15) is 32.3 Å². The smallest absolute Gasteiger partial charge is 0.129 e. The lowest BCUT2D eigenvalue weighted by atomic mass is 9.89. The van der Waals surface area contributed by atoms with E-state index in [0.717, 1.165) is 5.56 Å². The molecular formula is C10H14ClNO. The number of nitrogens with zero attached hydrogens (tertiary/aromatic N) is 1. The summed E-state index contributed by atoms with van der Waals surface area (Å²) in [5.74, 6) is 0. The maximum atomic E-state index is 10.1. The van der Waals surface area contributed by atoms with E-state index in [1.807, 2.05) is 13.8 Å². The van der Waals surface area contributed by atoms with Gasteiger partial charge in [-0.2, -0.15) is 0 Å². The first kappa shape index (κ1) is 10.5. The highest BCUT2D eigenvalue weighted by Crippen LogP contribution is 2.28. The Morgan fingerprint density at radius 3 is 2.54 bits per heavy atom. The Labute approximate surface area is 83.6 Å². The zero-order chi connectivity index (χ0) is 9.90. The van der Waals surface area contributed by atoms with Gasteiger partial charge in [-0.25, -0.2) is 4.98 Å². The zero-order valence-electron chi connectivity index (χ0n) is 7.92. The number of aliphatic hydroxyl groups is 1. The van der Waals surface area contributed by atoms with E-state index in [1.54, 1.807) is 18.3 Å². The minimum atomic E-state index is -0.757. The molecule has 0 spiro atoms. The van der Waals surface area contributed by atoms with Crippen LogP contribution in [-0.4, -0.2) is 10.1 Å². The highest BCUT2D eigenvalue weighted by atomic mass is 35.5. The fraction of sp³-hybridized carbons (Fsp3) is 0.500. The Balaban J connectivity index is 3.05. The van der Waals surface area contributed by atoms with Gasteiger partial charge in [0.1, 0.15) is 5.15 Å². The minimum absolute atomic E-state index is 0.429. The fourth-order valence-electron chi connectivity index (χ4n) is 1.35. The molecule has 0 unspecified atom stereocenters. The quantitative estimate of drug-likeness (QED) is 0.760. The van der Waals surface area contributed by atoms with E-state index in [2.05, 4.69) is 4.98 Å². The summed E-state index contributed by atoms with van der Waals surface area (Å²) in [5, 5.41) is 10.6. The van der Waals surface area contributed by atoms with E-state index in [9.17, 15) is 5.11 Å². The summed E-state index contributed by atoms with van der Waals surface area (Å²) in [4.78, 5) is 3.88. The SMILES string of the molecule is CCC(O)(CC)c1ccnc(Cl)c1. The molecule has 1 heterocycles. The predicted molar refractivity (Wildman–Crippen MR) is 53.7 cm³/mol. The summed E-state index contributed by atoms with van der Waals surface area (Å²) in [6.07, 6.45) is 2.99. The third-order valence-electron chi connectivity index (χ3n) is 2.43. The lowest BCUT2D eigenvalue weighted by Gasteiger charge is -2.25. The molecule has 0 amide bonds. The van der Waals surface area contributed by atoms with Gasteiger partial charge in [-0.1, -0.05) is 25.4 Å². The molecule has 0 radical (unpaired) electrons. The minimum Gasteiger partial charge on any atom is -0.385 e. The van der Waals surface area contributed by atoms with Crippen molar-refractivity contribution in [2.75, 3.05) is 0 Å². The Kier molecular flexibility index (Phi) is 3.28. The van der Waals surface area contributed by atoms with Crippen LogP contribution in [0.3, 0.4) is 0 Å². The number of hydrogen-bond donors (Lipinski definition) is 1. The highest BCUT2D eigenvalue weighted by Gasteiger charge is 2.24. The normalized spacial score (nSPS) is 11.7. The molecule has 2 nitrogen and oxygen atoms in total. The van der Waals surface area contributed by atoms with Gasteiger partial charge >= 0.3 is 0 Å². The first-order valence-corrected chi connectivity index (χ1v) is 4.84. The second-order valence-corrected chi connectivity index (χ2v) is 3.49. The summed E-state index contributed by atoms with van der Waals surface area (Å²) in [7, 11) is 0. The van der Waals surface area contributed by atoms with Crippen molar-refractivity contribution in [2.45, 2.75) is 32.3 Å². The number of halogens is 1. The van der Waals surface area contributed by atoms with Gasteiger partial charge in [0.25, 0.3) is 0 Å². The van der Waals surface area contributed by atoms with Crippen LogP contribution >= 0.6 is 11.6 Å². The van der Waals surface area contributed by atoms with E-state index < -0.39 is 5.60 Å². The fourth-order valence-corrected chi connectivity index (χ4v) is 1.52. The van der Waals surface area contributed by atoms with Gasteiger partial charge in [-0.05, 0) is 30.5 Å². The van der Waals surface area contributed by atoms with Gasteiger partial charge in [0.2, 0.25) is 0 Å². The summed E-state index contributed by atoms with van der Waals surface area (Å²) in [6, 6.07) is 3.52. The Morgan fingerprint density at radius 2 is 2.08 bits per heavy atom. The van der Waals surface area contributed by atoms with Crippen LogP contribution in [0.15, 0.2) is 18.3 Å². The molecule has 0 fully saturated rings. The van der Waals surface area contributed by atoms with Crippen molar-refractivity contribution in [3.8, 4) is 0 Å². The van der Waals surface area contributed by atoms with Gasteiger partial charge in [0.15, 0.2) is 0 Å². The van der Waals surface area contributed by atoms with E-state index in [4.69, 9.17) is 11.6 Å². The monoisotopic (exact) mass is 199 g/mol. The third kappa shape index (κ3) is 2.20. The standard InChI is InChI=1S/C10H14ClNO/c1-3-10(13,4-2)8-5-6-12-9(11)7-8/h5-7,13H,3-4H2,1-2H3. The summed E-state index contributed by atoms with van der Waals surface area (Å²) in [6.45, 7) is 3.91. The molecule has 1 N–H and O–H groups in total. The van der Waals surface area contributed by atoms with Crippen LogP contribution in [0.4, 0.5) is 0 Å². The third-order valence-corrected chi connectivity index (χ3v) is 2.64. The Bertz CT molecular complexity index is 284. The number of hydrogen-bond acceptors (Lipinski definition) is 2. The van der Waals surface area contributed by atoms with Crippen molar-refractivity contribution in [1.82, 2.24) is 4.98 Å². The summed E-state index contributed by atoms with van der Waals surface area (Å²) in [5.41, 5.74) is 0.0875. The van der Waals surface area contributed by atoms with Gasteiger partial charge in [0, 0.05) is 6.20 Å². The van der Waals surface area contributed by atoms with E-state index in [0.29, 0.717) is 18.0 Å². The Morgan fingerprint density at radius 1 is 1.46 bits per heavy atom. The number of pyridine rings is 1. The molecule has 72 valence electrons. The van der Waals surface area contributed by atoms with Crippen molar-refractivity contribution in [2.24, 2.45) is 0 Å². The van der Waals surface area contributed by atoms with Crippen LogP contribution in [0.2, 0.25) is 5.15 Å². The van der Waals surface area contributed by atoms with Crippen molar-refractivity contribution < 1.29 is 5.11 Å². The van der Waals surface area contributed by atoms with Crippen molar-refractivity contribution in [3.63, 3.8) is 0 Å². The molecule has 0 aliphatic rings. The van der Waals surface area contributed by atoms with Gasteiger partial charge in [-0.15, -0.1) is 0 Å². The lowest BCUT2D eigenvalue weighted by molar-refractivity contribution is 0.0283. The average Bonchev–Trinajstić information content (AvgIpc) is 2.17. The van der Waals surface area contributed by atoms with Crippen LogP contribution in [0, 0.1) is 0 Å². The molecule has 3 heteroatoms. The second kappa shape index (κ2) is 4.07. The van der Waals surface area contributed by atoms with E-state index >= 15 is 0 Å². The first-order chi connectivity index (χ1) is 6.12. The first-order valence-electron chi connectivity index (χ1n) is 4.47. The molecule has 0 saturated heterocycles. The van der Waals surface area contributed by atoms with Crippen molar-refractivity contribution in [3.05, 3.63) is 29.0 Å². The average molecular weight is 200 g/mol. The van der Waals surface area contributed by atoms with Gasteiger partial charge in [0.05, 0.1) is 5.60 Å². The largest absolute Gasteiger partial charge is 0.385 e. The molecule has 0 bridgehead atoms. The predicted octanol–water partition coefficient (Wildman–Crippen LogP) is 2.74. The zero-order valence-corrected chi connectivity index (χ0v) is 8.67. The highest BCUT2D eigenvalue weighted by molar-refractivity contribution is 6.29. The summed E-state index contributed by atoms with van der Waals surface area (Å²) < 4.78 is 0. The molecule has 0 aromatic carbocycles. The molecule has 13 heavy (non-hydrogen) atoms. The van der Waals surface area contributed by atoms with Gasteiger partial charge in [-0.3, -0.25) is 0 Å².